The fourth-order valence-electron chi connectivity index (χ4n) is 4.67. The topological polar surface area (TPSA) is 15.3 Å². The molecule has 4 aliphatic rings. The Balaban J connectivity index is 1.28. The molecule has 1 N–H and O–H groups in total. The van der Waals surface area contributed by atoms with Gasteiger partial charge in [-0.2, -0.15) is 0 Å². The van der Waals surface area contributed by atoms with E-state index in [1.807, 2.05) is 0 Å². The molecule has 3 saturated carbocycles. The third-order valence-corrected chi connectivity index (χ3v) is 6.16. The highest BCUT2D eigenvalue weighted by Gasteiger charge is 2.37. The Morgan fingerprint density at radius 2 is 1.60 bits per heavy atom. The molecule has 20 heavy (non-hydrogen) atoms. The monoisotopic (exact) mass is 276 g/mol. The van der Waals surface area contributed by atoms with Crippen LogP contribution in [0.2, 0.25) is 0 Å². The van der Waals surface area contributed by atoms with Crippen molar-refractivity contribution >= 4 is 0 Å². The van der Waals surface area contributed by atoms with Gasteiger partial charge in [0.1, 0.15) is 0 Å². The highest BCUT2D eigenvalue weighted by Crippen LogP contribution is 2.39. The summed E-state index contributed by atoms with van der Waals surface area (Å²) < 4.78 is 0. The van der Waals surface area contributed by atoms with Crippen LogP contribution >= 0.6 is 0 Å². The van der Waals surface area contributed by atoms with Crippen molar-refractivity contribution in [1.29, 1.82) is 0 Å². The lowest BCUT2D eigenvalue weighted by molar-refractivity contribution is 0.123. The van der Waals surface area contributed by atoms with Crippen LogP contribution in [0.5, 0.6) is 0 Å². The lowest BCUT2D eigenvalue weighted by atomic mass is 9.89. The van der Waals surface area contributed by atoms with E-state index in [1.165, 1.54) is 83.8 Å². The number of hydrogen-bond donors (Lipinski definition) is 1. The van der Waals surface area contributed by atoms with Gasteiger partial charge in [0, 0.05) is 25.2 Å². The van der Waals surface area contributed by atoms with Crippen LogP contribution in [0.15, 0.2) is 0 Å². The van der Waals surface area contributed by atoms with E-state index in [1.54, 1.807) is 0 Å². The molecule has 4 fully saturated rings. The molecule has 2 unspecified atom stereocenters. The molecule has 0 spiro atoms. The molecule has 0 amide bonds. The highest BCUT2D eigenvalue weighted by molar-refractivity contribution is 4.94. The molecule has 114 valence electrons. The number of nitrogens with zero attached hydrogens (tertiary/aromatic N) is 1. The van der Waals surface area contributed by atoms with E-state index >= 15 is 0 Å². The fourth-order valence-corrected chi connectivity index (χ4v) is 4.67. The smallest absolute Gasteiger partial charge is 0.0198 e. The van der Waals surface area contributed by atoms with Gasteiger partial charge in [0.25, 0.3) is 0 Å². The molecular formula is C18H32N2. The highest BCUT2D eigenvalue weighted by atomic mass is 15.2. The molecule has 4 rings (SSSR count). The van der Waals surface area contributed by atoms with Gasteiger partial charge < -0.3 is 5.32 Å². The van der Waals surface area contributed by atoms with E-state index in [0.717, 1.165) is 29.8 Å². The van der Waals surface area contributed by atoms with Crippen LogP contribution in [0.1, 0.15) is 64.2 Å². The van der Waals surface area contributed by atoms with Crippen molar-refractivity contribution in [3.8, 4) is 0 Å². The zero-order chi connectivity index (χ0) is 13.4. The first-order valence-electron chi connectivity index (χ1n) is 9.34. The van der Waals surface area contributed by atoms with Gasteiger partial charge in [-0.05, 0) is 62.8 Å². The maximum atomic E-state index is 3.96. The average Bonchev–Trinajstić information content (AvgIpc) is 3.37. The van der Waals surface area contributed by atoms with Gasteiger partial charge in [0.2, 0.25) is 0 Å². The van der Waals surface area contributed by atoms with Gasteiger partial charge in [-0.1, -0.05) is 25.7 Å². The number of piperidine rings is 1. The molecule has 2 nitrogen and oxygen atoms in total. The van der Waals surface area contributed by atoms with E-state index in [-0.39, 0.29) is 0 Å². The van der Waals surface area contributed by atoms with Crippen LogP contribution < -0.4 is 5.32 Å². The second-order valence-electron chi connectivity index (χ2n) is 8.22. The minimum Gasteiger partial charge on any atom is -0.312 e. The predicted molar refractivity (Wildman–Crippen MR) is 83.8 cm³/mol. The number of rotatable bonds is 6. The largest absolute Gasteiger partial charge is 0.312 e. The van der Waals surface area contributed by atoms with E-state index in [4.69, 9.17) is 0 Å². The quantitative estimate of drug-likeness (QED) is 0.799. The lowest BCUT2D eigenvalue weighted by Gasteiger charge is -2.39. The number of nitrogens with one attached hydrogen (secondary N) is 1. The van der Waals surface area contributed by atoms with Crippen LogP contribution in [0.4, 0.5) is 0 Å². The fraction of sp³-hybridized carbons (Fsp3) is 1.00. The zero-order valence-electron chi connectivity index (χ0n) is 13.0. The van der Waals surface area contributed by atoms with Crippen molar-refractivity contribution in [2.24, 2.45) is 17.8 Å². The van der Waals surface area contributed by atoms with Crippen LogP contribution in [-0.4, -0.2) is 36.6 Å². The van der Waals surface area contributed by atoms with E-state index in [2.05, 4.69) is 10.2 Å². The second-order valence-corrected chi connectivity index (χ2v) is 8.22. The van der Waals surface area contributed by atoms with Crippen molar-refractivity contribution in [1.82, 2.24) is 10.2 Å². The standard InChI is InChI=1S/C18H32N2/c1-2-4-15(3-1)11-19-17-10-16(9-14-5-6-14)12-20(13-17)18-7-8-18/h14-19H,1-13H2. The lowest BCUT2D eigenvalue weighted by Crippen LogP contribution is -2.50. The summed E-state index contributed by atoms with van der Waals surface area (Å²) in [6, 6.07) is 1.77. The van der Waals surface area contributed by atoms with Crippen molar-refractivity contribution in [2.45, 2.75) is 76.3 Å². The molecule has 0 bridgehead atoms. The molecule has 0 aromatic carbocycles. The molecular weight excluding hydrogens is 244 g/mol. The average molecular weight is 276 g/mol. The molecule has 0 aromatic rings. The summed E-state index contributed by atoms with van der Waals surface area (Å²) in [5, 5.41) is 3.96. The van der Waals surface area contributed by atoms with Crippen LogP contribution in [0, 0.1) is 17.8 Å². The minimum atomic E-state index is 0.800. The molecule has 0 radical (unpaired) electrons. The third-order valence-electron chi connectivity index (χ3n) is 6.16. The van der Waals surface area contributed by atoms with Gasteiger partial charge in [-0.25, -0.2) is 0 Å². The van der Waals surface area contributed by atoms with Gasteiger partial charge in [-0.15, -0.1) is 0 Å². The summed E-state index contributed by atoms with van der Waals surface area (Å²) in [5.41, 5.74) is 0. The van der Waals surface area contributed by atoms with Crippen LogP contribution in [0.3, 0.4) is 0 Å². The Labute approximate surface area is 124 Å². The molecule has 1 saturated heterocycles. The normalized spacial score (nSPS) is 36.6. The molecule has 2 heteroatoms. The molecule has 1 heterocycles. The first-order chi connectivity index (χ1) is 9.87. The Morgan fingerprint density at radius 1 is 0.800 bits per heavy atom. The van der Waals surface area contributed by atoms with E-state index in [9.17, 15) is 0 Å². The van der Waals surface area contributed by atoms with E-state index < -0.39 is 0 Å². The molecule has 0 aromatic heterocycles. The first-order valence-corrected chi connectivity index (χ1v) is 9.34. The van der Waals surface area contributed by atoms with Crippen molar-refractivity contribution in [2.75, 3.05) is 19.6 Å². The number of likely N-dealkylation sites (tertiary alicyclic amines) is 1. The van der Waals surface area contributed by atoms with E-state index in [0.29, 0.717) is 0 Å². The molecule has 2 atom stereocenters. The van der Waals surface area contributed by atoms with Gasteiger partial charge in [0.05, 0.1) is 0 Å². The minimum absolute atomic E-state index is 0.800. The molecule has 3 aliphatic carbocycles. The molecule has 1 aliphatic heterocycles. The summed E-state index contributed by atoms with van der Waals surface area (Å²) >= 11 is 0. The Morgan fingerprint density at radius 3 is 2.30 bits per heavy atom. The SMILES string of the molecule is C1CCC(CNC2CC(CC3CC3)CN(C3CC3)C2)C1. The summed E-state index contributed by atoms with van der Waals surface area (Å²) in [4.78, 5) is 2.84. The van der Waals surface area contributed by atoms with Gasteiger partial charge in [-0.3, -0.25) is 4.90 Å². The van der Waals surface area contributed by atoms with Crippen molar-refractivity contribution < 1.29 is 0 Å². The predicted octanol–water partition coefficient (Wildman–Crippen LogP) is 3.42. The van der Waals surface area contributed by atoms with Crippen LogP contribution in [-0.2, 0) is 0 Å². The summed E-state index contributed by atoms with van der Waals surface area (Å²) in [6.45, 7) is 4.07. The van der Waals surface area contributed by atoms with Gasteiger partial charge in [0.15, 0.2) is 0 Å². The second kappa shape index (κ2) is 5.96. The Kier molecular flexibility index (Phi) is 4.05. The Bertz CT molecular complexity index is 315. The van der Waals surface area contributed by atoms with Gasteiger partial charge >= 0.3 is 0 Å². The summed E-state index contributed by atoms with van der Waals surface area (Å²) in [5.74, 6) is 3.10. The number of hydrogen-bond acceptors (Lipinski definition) is 2. The maximum Gasteiger partial charge on any atom is 0.0198 e. The first kappa shape index (κ1) is 13.6. The van der Waals surface area contributed by atoms with Crippen molar-refractivity contribution in [3.63, 3.8) is 0 Å². The van der Waals surface area contributed by atoms with Crippen LogP contribution in [0.25, 0.3) is 0 Å². The summed E-state index contributed by atoms with van der Waals surface area (Å²) in [6.07, 6.45) is 14.9. The zero-order valence-corrected chi connectivity index (χ0v) is 13.0. The van der Waals surface area contributed by atoms with Crippen molar-refractivity contribution in [3.05, 3.63) is 0 Å². The maximum absolute atomic E-state index is 3.96. The summed E-state index contributed by atoms with van der Waals surface area (Å²) in [7, 11) is 0. The third kappa shape index (κ3) is 3.57. The Hall–Kier alpha value is -0.0800.